The Hall–Kier alpha value is -2.13. The summed E-state index contributed by atoms with van der Waals surface area (Å²) in [4.78, 5) is 14.6. The zero-order chi connectivity index (χ0) is 15.4. The molecule has 0 aromatic heterocycles. The number of morpholine rings is 1. The third kappa shape index (κ3) is 3.37. The molecule has 0 aliphatic carbocycles. The van der Waals surface area contributed by atoms with Crippen LogP contribution in [0.25, 0.3) is 0 Å². The van der Waals surface area contributed by atoms with E-state index >= 15 is 0 Å². The standard InChI is InChI=1S/C19H21NO2/c1-15-14-22-18(12-16-8-4-2-5-9-16)13-20(15)19(21)17-10-6-3-7-11-17/h2-11,15,18H,12-14H2,1H3. The number of ether oxygens (including phenoxy) is 1. The molecule has 1 aliphatic rings. The molecule has 1 fully saturated rings. The summed E-state index contributed by atoms with van der Waals surface area (Å²) in [6.07, 6.45) is 0.901. The van der Waals surface area contributed by atoms with Crippen LogP contribution in [0.15, 0.2) is 60.7 Å². The molecule has 2 aromatic carbocycles. The van der Waals surface area contributed by atoms with Crippen LogP contribution in [0.3, 0.4) is 0 Å². The summed E-state index contributed by atoms with van der Waals surface area (Å²) in [7, 11) is 0. The van der Waals surface area contributed by atoms with Crippen molar-refractivity contribution in [1.82, 2.24) is 4.90 Å². The fourth-order valence-electron chi connectivity index (χ4n) is 2.85. The summed E-state index contributed by atoms with van der Waals surface area (Å²) in [5.74, 6) is 0.0921. The summed E-state index contributed by atoms with van der Waals surface area (Å²) in [5.41, 5.74) is 1.99. The van der Waals surface area contributed by atoms with Crippen molar-refractivity contribution in [3.63, 3.8) is 0 Å². The van der Waals surface area contributed by atoms with Crippen LogP contribution in [0.5, 0.6) is 0 Å². The van der Waals surface area contributed by atoms with Gasteiger partial charge in [0.05, 0.1) is 18.8 Å². The Morgan fingerprint density at radius 2 is 1.73 bits per heavy atom. The van der Waals surface area contributed by atoms with E-state index in [-0.39, 0.29) is 18.1 Å². The molecule has 1 aliphatic heterocycles. The van der Waals surface area contributed by atoms with Crippen LogP contribution in [-0.4, -0.2) is 36.1 Å². The van der Waals surface area contributed by atoms with E-state index < -0.39 is 0 Å². The Kier molecular flexibility index (Phi) is 4.54. The minimum Gasteiger partial charge on any atom is -0.374 e. The number of carbonyl (C=O) groups is 1. The van der Waals surface area contributed by atoms with Crippen LogP contribution >= 0.6 is 0 Å². The molecule has 1 saturated heterocycles. The van der Waals surface area contributed by atoms with Gasteiger partial charge in [-0.05, 0) is 24.6 Å². The first-order chi connectivity index (χ1) is 10.7. The molecule has 22 heavy (non-hydrogen) atoms. The van der Waals surface area contributed by atoms with Gasteiger partial charge in [0.2, 0.25) is 0 Å². The van der Waals surface area contributed by atoms with E-state index in [2.05, 4.69) is 12.1 Å². The largest absolute Gasteiger partial charge is 0.374 e. The highest BCUT2D eigenvalue weighted by Gasteiger charge is 2.30. The van der Waals surface area contributed by atoms with E-state index in [0.717, 1.165) is 12.0 Å². The fourth-order valence-corrected chi connectivity index (χ4v) is 2.85. The number of carbonyl (C=O) groups excluding carboxylic acids is 1. The highest BCUT2D eigenvalue weighted by Crippen LogP contribution is 2.18. The molecule has 114 valence electrons. The molecule has 1 amide bonds. The quantitative estimate of drug-likeness (QED) is 0.870. The predicted octanol–water partition coefficient (Wildman–Crippen LogP) is 3.16. The van der Waals surface area contributed by atoms with Crippen molar-refractivity contribution in [2.24, 2.45) is 0 Å². The maximum Gasteiger partial charge on any atom is 0.254 e. The SMILES string of the molecule is CC1COC(Cc2ccccc2)CN1C(=O)c1ccccc1. The van der Waals surface area contributed by atoms with Gasteiger partial charge in [0.1, 0.15) is 0 Å². The van der Waals surface area contributed by atoms with E-state index in [4.69, 9.17) is 4.74 Å². The molecule has 0 radical (unpaired) electrons. The normalized spacial score (nSPS) is 21.6. The van der Waals surface area contributed by atoms with Crippen LogP contribution in [0.4, 0.5) is 0 Å². The van der Waals surface area contributed by atoms with Crippen molar-refractivity contribution < 1.29 is 9.53 Å². The van der Waals surface area contributed by atoms with Gasteiger partial charge < -0.3 is 9.64 Å². The lowest BCUT2D eigenvalue weighted by Gasteiger charge is -2.38. The van der Waals surface area contributed by atoms with Gasteiger partial charge in [-0.2, -0.15) is 0 Å². The molecule has 3 heteroatoms. The number of hydrogen-bond acceptors (Lipinski definition) is 2. The molecular weight excluding hydrogens is 274 g/mol. The number of rotatable bonds is 3. The van der Waals surface area contributed by atoms with E-state index in [9.17, 15) is 4.79 Å². The molecular formula is C19H21NO2. The van der Waals surface area contributed by atoms with Crippen molar-refractivity contribution in [2.45, 2.75) is 25.5 Å². The van der Waals surface area contributed by atoms with E-state index in [1.54, 1.807) is 0 Å². The Morgan fingerprint density at radius 1 is 1.09 bits per heavy atom. The molecule has 2 atom stereocenters. The van der Waals surface area contributed by atoms with E-state index in [1.165, 1.54) is 5.56 Å². The van der Waals surface area contributed by atoms with E-state index in [0.29, 0.717) is 13.2 Å². The highest BCUT2D eigenvalue weighted by atomic mass is 16.5. The van der Waals surface area contributed by atoms with Gasteiger partial charge in [-0.3, -0.25) is 4.79 Å². The zero-order valence-electron chi connectivity index (χ0n) is 12.8. The third-order valence-corrected chi connectivity index (χ3v) is 4.09. The first-order valence-corrected chi connectivity index (χ1v) is 7.75. The highest BCUT2D eigenvalue weighted by molar-refractivity contribution is 5.94. The van der Waals surface area contributed by atoms with Gasteiger partial charge in [0.15, 0.2) is 0 Å². The molecule has 0 bridgehead atoms. The topological polar surface area (TPSA) is 29.5 Å². The average Bonchev–Trinajstić information content (AvgIpc) is 2.58. The van der Waals surface area contributed by atoms with Crippen molar-refractivity contribution in [1.29, 1.82) is 0 Å². The summed E-state index contributed by atoms with van der Waals surface area (Å²) < 4.78 is 5.92. The molecule has 0 N–H and O–H groups in total. The second-order valence-electron chi connectivity index (χ2n) is 5.82. The molecule has 0 spiro atoms. The first kappa shape index (κ1) is 14.8. The third-order valence-electron chi connectivity index (χ3n) is 4.09. The first-order valence-electron chi connectivity index (χ1n) is 7.75. The van der Waals surface area contributed by atoms with Crippen LogP contribution in [0.1, 0.15) is 22.8 Å². The van der Waals surface area contributed by atoms with Gasteiger partial charge in [-0.25, -0.2) is 0 Å². The Labute approximate surface area is 131 Å². The van der Waals surface area contributed by atoms with Crippen LogP contribution in [0, 0.1) is 0 Å². The van der Waals surface area contributed by atoms with Gasteiger partial charge >= 0.3 is 0 Å². The molecule has 3 nitrogen and oxygen atoms in total. The summed E-state index contributed by atoms with van der Waals surface area (Å²) in [5, 5.41) is 0. The van der Waals surface area contributed by atoms with Gasteiger partial charge in [0, 0.05) is 18.5 Å². The second kappa shape index (κ2) is 6.75. The minimum absolute atomic E-state index is 0.0614. The van der Waals surface area contributed by atoms with E-state index in [1.807, 2.05) is 60.4 Å². The van der Waals surface area contributed by atoms with Crippen LogP contribution < -0.4 is 0 Å². The van der Waals surface area contributed by atoms with Crippen molar-refractivity contribution in [3.8, 4) is 0 Å². The molecule has 0 saturated carbocycles. The molecule has 1 heterocycles. The Morgan fingerprint density at radius 3 is 2.41 bits per heavy atom. The monoisotopic (exact) mass is 295 g/mol. The average molecular weight is 295 g/mol. The maximum absolute atomic E-state index is 12.7. The lowest BCUT2D eigenvalue weighted by Crippen LogP contribution is -2.51. The van der Waals surface area contributed by atoms with Crippen molar-refractivity contribution in [2.75, 3.05) is 13.2 Å². The fraction of sp³-hybridized carbons (Fsp3) is 0.316. The number of nitrogens with zero attached hydrogens (tertiary/aromatic N) is 1. The smallest absolute Gasteiger partial charge is 0.254 e. The minimum atomic E-state index is 0.0614. The van der Waals surface area contributed by atoms with Crippen molar-refractivity contribution in [3.05, 3.63) is 71.8 Å². The molecule has 2 aromatic rings. The van der Waals surface area contributed by atoms with Gasteiger partial charge in [-0.15, -0.1) is 0 Å². The summed E-state index contributed by atoms with van der Waals surface area (Å²) >= 11 is 0. The lowest BCUT2D eigenvalue weighted by atomic mass is 10.0. The molecule has 3 rings (SSSR count). The maximum atomic E-state index is 12.7. The molecule has 2 unspecified atom stereocenters. The van der Waals surface area contributed by atoms with Crippen LogP contribution in [0.2, 0.25) is 0 Å². The summed E-state index contributed by atoms with van der Waals surface area (Å²) in [6, 6.07) is 19.9. The van der Waals surface area contributed by atoms with Gasteiger partial charge in [-0.1, -0.05) is 48.5 Å². The number of hydrogen-bond donors (Lipinski definition) is 0. The zero-order valence-corrected chi connectivity index (χ0v) is 12.8. The van der Waals surface area contributed by atoms with Gasteiger partial charge in [0.25, 0.3) is 5.91 Å². The Bertz CT molecular complexity index is 612. The number of amides is 1. The van der Waals surface area contributed by atoms with Crippen molar-refractivity contribution >= 4 is 5.91 Å². The summed E-state index contributed by atoms with van der Waals surface area (Å²) in [6.45, 7) is 3.28. The Balaban J connectivity index is 1.70. The second-order valence-corrected chi connectivity index (χ2v) is 5.82. The number of benzene rings is 2. The predicted molar refractivity (Wildman–Crippen MR) is 86.8 cm³/mol. The lowest BCUT2D eigenvalue weighted by molar-refractivity contribution is -0.0464. The van der Waals surface area contributed by atoms with Crippen LogP contribution in [-0.2, 0) is 11.2 Å².